The number of hydrogen-bond acceptors (Lipinski definition) is 6. The van der Waals surface area contributed by atoms with Crippen molar-refractivity contribution in [1.82, 2.24) is 19.9 Å². The van der Waals surface area contributed by atoms with Crippen LogP contribution < -0.4 is 0 Å². The van der Waals surface area contributed by atoms with E-state index in [0.29, 0.717) is 0 Å². The van der Waals surface area contributed by atoms with E-state index in [4.69, 9.17) is 11.6 Å². The van der Waals surface area contributed by atoms with Crippen molar-refractivity contribution < 1.29 is 4.92 Å². The van der Waals surface area contributed by atoms with Crippen LogP contribution in [0.15, 0.2) is 18.6 Å². The monoisotopic (exact) mass is 251 g/mol. The number of nitrogens with zero attached hydrogens (tertiary/aromatic N) is 5. The lowest BCUT2D eigenvalue weighted by molar-refractivity contribution is -0.385. The van der Waals surface area contributed by atoms with Gasteiger partial charge in [-0.15, -0.1) is 0 Å². The fourth-order valence-corrected chi connectivity index (χ4v) is 1.56. The lowest BCUT2D eigenvalue weighted by Crippen LogP contribution is -2.02. The third-order valence-corrected chi connectivity index (χ3v) is 2.19. The Balaban J connectivity index is 2.72. The molecule has 0 atom stereocenters. The van der Waals surface area contributed by atoms with Crippen LogP contribution in [0.4, 0.5) is 5.69 Å². The minimum Gasteiger partial charge on any atom is -0.261 e. The maximum Gasteiger partial charge on any atom is 0.318 e. The Hall–Kier alpha value is -2.15. The molecule has 2 heterocycles. The van der Waals surface area contributed by atoms with Crippen LogP contribution in [0.25, 0.3) is 11.4 Å². The predicted octanol–water partition coefficient (Wildman–Crippen LogP) is 1.80. The van der Waals surface area contributed by atoms with Gasteiger partial charge < -0.3 is 0 Å². The second-order valence-corrected chi connectivity index (χ2v) is 3.46. The molecule has 0 N–H and O–H groups in total. The molecule has 7 nitrogen and oxygen atoms in total. The van der Waals surface area contributed by atoms with Crippen LogP contribution in [0, 0.1) is 17.0 Å². The second-order valence-electron chi connectivity index (χ2n) is 3.12. The molecule has 0 aliphatic rings. The third kappa shape index (κ3) is 2.18. The van der Waals surface area contributed by atoms with Gasteiger partial charge in [0.15, 0.2) is 5.69 Å². The fraction of sp³-hybridized carbons (Fsp3) is 0.111. The quantitative estimate of drug-likeness (QED) is 0.459. The smallest absolute Gasteiger partial charge is 0.261 e. The molecular formula is C9H6ClN5O2. The standard InChI is InChI=1S/C9H6ClN5O2/c1-5-8(15(16)17)7(14-9(10)13-5)6-4-11-2-3-12-6/h2-4H,1H3. The van der Waals surface area contributed by atoms with Gasteiger partial charge in [0.05, 0.1) is 11.1 Å². The van der Waals surface area contributed by atoms with Gasteiger partial charge in [-0.2, -0.15) is 0 Å². The molecule has 0 aliphatic carbocycles. The molecule has 0 bridgehead atoms. The summed E-state index contributed by atoms with van der Waals surface area (Å²) in [6.07, 6.45) is 4.26. The Bertz CT molecular complexity index is 575. The summed E-state index contributed by atoms with van der Waals surface area (Å²) in [5.41, 5.74) is 0.331. The number of aryl methyl sites for hydroxylation is 1. The Morgan fingerprint density at radius 3 is 2.71 bits per heavy atom. The van der Waals surface area contributed by atoms with E-state index in [1.54, 1.807) is 0 Å². The number of nitro groups is 1. The zero-order valence-corrected chi connectivity index (χ0v) is 9.42. The molecule has 0 amide bonds. The zero-order chi connectivity index (χ0) is 12.4. The van der Waals surface area contributed by atoms with Gasteiger partial charge in [-0.1, -0.05) is 0 Å². The average Bonchev–Trinajstić information content (AvgIpc) is 2.28. The van der Waals surface area contributed by atoms with Crippen molar-refractivity contribution in [3.8, 4) is 11.4 Å². The highest BCUT2D eigenvalue weighted by Crippen LogP contribution is 2.29. The van der Waals surface area contributed by atoms with Crippen molar-refractivity contribution >= 4 is 17.3 Å². The van der Waals surface area contributed by atoms with E-state index in [0.717, 1.165) is 0 Å². The van der Waals surface area contributed by atoms with Gasteiger partial charge in [0.25, 0.3) is 0 Å². The molecule has 2 rings (SSSR count). The molecule has 2 aromatic rings. The van der Waals surface area contributed by atoms with E-state index in [-0.39, 0.29) is 28.1 Å². The maximum absolute atomic E-state index is 11.0. The normalized spacial score (nSPS) is 10.2. The summed E-state index contributed by atoms with van der Waals surface area (Å²) in [5, 5.41) is 10.9. The average molecular weight is 252 g/mol. The molecule has 0 spiro atoms. The fourth-order valence-electron chi connectivity index (χ4n) is 1.35. The number of aromatic nitrogens is 4. The van der Waals surface area contributed by atoms with Crippen molar-refractivity contribution in [2.45, 2.75) is 6.92 Å². The third-order valence-electron chi connectivity index (χ3n) is 2.02. The van der Waals surface area contributed by atoms with Crippen molar-refractivity contribution in [3.05, 3.63) is 39.7 Å². The first-order chi connectivity index (χ1) is 8.09. The Morgan fingerprint density at radius 1 is 1.35 bits per heavy atom. The lowest BCUT2D eigenvalue weighted by Gasteiger charge is -2.03. The molecule has 8 heteroatoms. The van der Waals surface area contributed by atoms with Crippen molar-refractivity contribution in [2.75, 3.05) is 0 Å². The minimum absolute atomic E-state index is 0.0613. The van der Waals surface area contributed by atoms with Gasteiger partial charge in [0, 0.05) is 12.4 Å². The van der Waals surface area contributed by atoms with Crippen molar-refractivity contribution in [2.24, 2.45) is 0 Å². The summed E-state index contributed by atoms with van der Waals surface area (Å²) in [6, 6.07) is 0. The molecule has 17 heavy (non-hydrogen) atoms. The Morgan fingerprint density at radius 2 is 2.12 bits per heavy atom. The summed E-state index contributed by atoms with van der Waals surface area (Å²) >= 11 is 5.68. The number of halogens is 1. The second kappa shape index (κ2) is 4.38. The van der Waals surface area contributed by atoms with Crippen LogP contribution >= 0.6 is 11.6 Å². The Labute approximate surface area is 101 Å². The molecular weight excluding hydrogens is 246 g/mol. The van der Waals surface area contributed by atoms with Crippen LogP contribution in [-0.4, -0.2) is 24.9 Å². The highest BCUT2D eigenvalue weighted by molar-refractivity contribution is 6.28. The summed E-state index contributed by atoms with van der Waals surface area (Å²) in [4.78, 5) is 25.8. The van der Waals surface area contributed by atoms with Crippen molar-refractivity contribution in [1.29, 1.82) is 0 Å². The van der Waals surface area contributed by atoms with E-state index in [2.05, 4.69) is 19.9 Å². The number of hydrogen-bond donors (Lipinski definition) is 0. The van der Waals surface area contributed by atoms with Gasteiger partial charge in [-0.05, 0) is 18.5 Å². The summed E-state index contributed by atoms with van der Waals surface area (Å²) in [6.45, 7) is 1.49. The van der Waals surface area contributed by atoms with Crippen molar-refractivity contribution in [3.63, 3.8) is 0 Å². The van der Waals surface area contributed by atoms with Crippen LogP contribution in [0.2, 0.25) is 5.28 Å². The molecule has 86 valence electrons. The predicted molar refractivity (Wildman–Crippen MR) is 59.5 cm³/mol. The largest absolute Gasteiger partial charge is 0.318 e. The van der Waals surface area contributed by atoms with Crippen LogP contribution in [0.5, 0.6) is 0 Å². The van der Waals surface area contributed by atoms with Crippen LogP contribution in [0.1, 0.15) is 5.69 Å². The van der Waals surface area contributed by atoms with E-state index < -0.39 is 4.92 Å². The maximum atomic E-state index is 11.0. The van der Waals surface area contributed by atoms with Gasteiger partial charge >= 0.3 is 5.69 Å². The van der Waals surface area contributed by atoms with Crippen LogP contribution in [0.3, 0.4) is 0 Å². The molecule has 0 fully saturated rings. The number of rotatable bonds is 2. The van der Waals surface area contributed by atoms with Gasteiger partial charge in [-0.3, -0.25) is 20.1 Å². The highest BCUT2D eigenvalue weighted by atomic mass is 35.5. The SMILES string of the molecule is Cc1nc(Cl)nc(-c2cnccn2)c1[N+](=O)[O-]. The van der Waals surface area contributed by atoms with Gasteiger partial charge in [0.1, 0.15) is 11.4 Å². The molecule has 0 aromatic carbocycles. The Kier molecular flexibility index (Phi) is 2.92. The highest BCUT2D eigenvalue weighted by Gasteiger charge is 2.23. The van der Waals surface area contributed by atoms with E-state index in [9.17, 15) is 10.1 Å². The molecule has 0 saturated heterocycles. The summed E-state index contributed by atoms with van der Waals surface area (Å²) in [7, 11) is 0. The van der Waals surface area contributed by atoms with Gasteiger partial charge in [-0.25, -0.2) is 9.97 Å². The molecule has 0 unspecified atom stereocenters. The summed E-state index contributed by atoms with van der Waals surface area (Å²) in [5.74, 6) is 0. The molecule has 2 aromatic heterocycles. The van der Waals surface area contributed by atoms with E-state index in [1.807, 2.05) is 0 Å². The lowest BCUT2D eigenvalue weighted by atomic mass is 10.2. The van der Waals surface area contributed by atoms with E-state index >= 15 is 0 Å². The first kappa shape index (κ1) is 11.3. The minimum atomic E-state index is -0.560. The first-order valence-corrected chi connectivity index (χ1v) is 4.92. The van der Waals surface area contributed by atoms with Gasteiger partial charge in [0.2, 0.25) is 5.28 Å². The van der Waals surface area contributed by atoms with E-state index in [1.165, 1.54) is 25.5 Å². The molecule has 0 aliphatic heterocycles. The van der Waals surface area contributed by atoms with Crippen LogP contribution in [-0.2, 0) is 0 Å². The molecule has 0 radical (unpaired) electrons. The first-order valence-electron chi connectivity index (χ1n) is 4.54. The topological polar surface area (TPSA) is 94.7 Å². The zero-order valence-electron chi connectivity index (χ0n) is 8.66. The summed E-state index contributed by atoms with van der Waals surface area (Å²) < 4.78 is 0. The molecule has 0 saturated carbocycles.